The summed E-state index contributed by atoms with van der Waals surface area (Å²) < 4.78 is 5.56. The highest BCUT2D eigenvalue weighted by atomic mass is 35.5. The number of nitrogens with one attached hydrogen (secondary N) is 1. The van der Waals surface area contributed by atoms with Gasteiger partial charge in [-0.2, -0.15) is 5.26 Å². The van der Waals surface area contributed by atoms with Gasteiger partial charge in [-0.25, -0.2) is 0 Å². The standard InChI is InChI=1S/C23H15ClN2O2/c1-28-21-4-2-3-16(22(21)15-7-5-14(13-25)6-8-15)11-19-18-10-9-17(24)12-20(18)26-23(19)27/h2-12H,1H3,(H,26,27)/b19-11+. The number of carbonyl (C=O) groups excluding carboxylic acids is 1. The molecule has 1 amide bonds. The number of hydrogen-bond acceptors (Lipinski definition) is 3. The van der Waals surface area contributed by atoms with Crippen LogP contribution in [0.2, 0.25) is 5.02 Å². The number of carbonyl (C=O) groups is 1. The number of halogens is 1. The third-order valence-electron chi connectivity index (χ3n) is 4.65. The molecule has 0 radical (unpaired) electrons. The van der Waals surface area contributed by atoms with Crippen molar-refractivity contribution in [3.05, 3.63) is 82.4 Å². The minimum Gasteiger partial charge on any atom is -0.496 e. The Hall–Kier alpha value is -3.55. The molecule has 0 aliphatic carbocycles. The van der Waals surface area contributed by atoms with E-state index in [2.05, 4.69) is 11.4 Å². The molecule has 1 aliphatic rings. The zero-order chi connectivity index (χ0) is 19.7. The lowest BCUT2D eigenvalue weighted by molar-refractivity contribution is -0.110. The van der Waals surface area contributed by atoms with Crippen LogP contribution >= 0.6 is 11.6 Å². The summed E-state index contributed by atoms with van der Waals surface area (Å²) >= 11 is 6.04. The normalized spacial score (nSPS) is 13.8. The number of fused-ring (bicyclic) bond motifs is 1. The van der Waals surface area contributed by atoms with E-state index in [0.29, 0.717) is 27.6 Å². The highest BCUT2D eigenvalue weighted by molar-refractivity contribution is 6.36. The van der Waals surface area contributed by atoms with Gasteiger partial charge in [-0.3, -0.25) is 4.79 Å². The number of nitriles is 1. The largest absolute Gasteiger partial charge is 0.496 e. The first kappa shape index (κ1) is 17.8. The number of hydrogen-bond donors (Lipinski definition) is 1. The van der Waals surface area contributed by atoms with Crippen LogP contribution in [0.25, 0.3) is 22.8 Å². The zero-order valence-electron chi connectivity index (χ0n) is 15.0. The molecule has 0 saturated heterocycles. The Morgan fingerprint density at radius 3 is 2.61 bits per heavy atom. The second-order valence-electron chi connectivity index (χ2n) is 6.32. The van der Waals surface area contributed by atoms with E-state index < -0.39 is 0 Å². The fourth-order valence-electron chi connectivity index (χ4n) is 3.32. The van der Waals surface area contributed by atoms with Crippen LogP contribution in [0.4, 0.5) is 5.69 Å². The zero-order valence-corrected chi connectivity index (χ0v) is 15.7. The lowest BCUT2D eigenvalue weighted by Crippen LogP contribution is -2.03. The summed E-state index contributed by atoms with van der Waals surface area (Å²) in [5.74, 6) is 0.514. The van der Waals surface area contributed by atoms with E-state index >= 15 is 0 Å². The Bertz CT molecular complexity index is 1160. The number of methoxy groups -OCH3 is 1. The summed E-state index contributed by atoms with van der Waals surface area (Å²) in [5.41, 5.74) is 5.26. The van der Waals surface area contributed by atoms with Gasteiger partial charge in [0.25, 0.3) is 5.91 Å². The lowest BCUT2D eigenvalue weighted by Gasteiger charge is -2.13. The van der Waals surface area contributed by atoms with Gasteiger partial charge in [0.2, 0.25) is 0 Å². The summed E-state index contributed by atoms with van der Waals surface area (Å²) in [6.45, 7) is 0. The molecular weight excluding hydrogens is 372 g/mol. The first-order valence-corrected chi connectivity index (χ1v) is 8.99. The number of benzene rings is 3. The van der Waals surface area contributed by atoms with E-state index in [0.717, 1.165) is 22.3 Å². The summed E-state index contributed by atoms with van der Waals surface area (Å²) in [4.78, 5) is 12.5. The van der Waals surface area contributed by atoms with Gasteiger partial charge in [0, 0.05) is 21.7 Å². The van der Waals surface area contributed by atoms with E-state index in [1.165, 1.54) is 0 Å². The fourth-order valence-corrected chi connectivity index (χ4v) is 3.50. The van der Waals surface area contributed by atoms with Gasteiger partial charge in [0.05, 0.1) is 24.4 Å². The Balaban J connectivity index is 1.89. The molecule has 5 heteroatoms. The van der Waals surface area contributed by atoms with Gasteiger partial charge < -0.3 is 10.1 Å². The molecule has 0 aromatic heterocycles. The number of amides is 1. The molecule has 0 bridgehead atoms. The highest BCUT2D eigenvalue weighted by Crippen LogP contribution is 2.39. The van der Waals surface area contributed by atoms with Gasteiger partial charge in [0.15, 0.2) is 0 Å². The molecule has 4 rings (SSSR count). The molecule has 1 N–H and O–H groups in total. The van der Waals surface area contributed by atoms with Crippen LogP contribution in [0, 0.1) is 11.3 Å². The molecular formula is C23H15ClN2O2. The molecule has 3 aromatic rings. The molecule has 1 aliphatic heterocycles. The molecule has 1 heterocycles. The van der Waals surface area contributed by atoms with Crippen molar-refractivity contribution in [1.82, 2.24) is 0 Å². The van der Waals surface area contributed by atoms with Crippen LogP contribution in [0.15, 0.2) is 60.7 Å². The molecule has 0 fully saturated rings. The van der Waals surface area contributed by atoms with Crippen LogP contribution < -0.4 is 10.1 Å². The van der Waals surface area contributed by atoms with E-state index in [1.807, 2.05) is 42.5 Å². The first-order valence-electron chi connectivity index (χ1n) is 8.61. The van der Waals surface area contributed by atoms with E-state index in [1.54, 1.807) is 31.4 Å². The second-order valence-corrected chi connectivity index (χ2v) is 6.75. The molecule has 0 spiro atoms. The summed E-state index contributed by atoms with van der Waals surface area (Å²) in [6.07, 6.45) is 1.85. The SMILES string of the molecule is COc1cccc(/C=C2/C(=O)Nc3cc(Cl)ccc32)c1-c1ccc(C#N)cc1. The number of anilines is 1. The monoisotopic (exact) mass is 386 g/mol. The van der Waals surface area contributed by atoms with Crippen molar-refractivity contribution in [2.75, 3.05) is 12.4 Å². The summed E-state index contributed by atoms with van der Waals surface area (Å²) in [6, 6.07) is 20.4. The Morgan fingerprint density at radius 2 is 1.89 bits per heavy atom. The van der Waals surface area contributed by atoms with Crippen LogP contribution in [0.5, 0.6) is 5.75 Å². The third-order valence-corrected chi connectivity index (χ3v) is 4.88. The molecule has 0 saturated carbocycles. The van der Waals surface area contributed by atoms with Gasteiger partial charge in [-0.1, -0.05) is 41.9 Å². The lowest BCUT2D eigenvalue weighted by atomic mass is 9.95. The minimum atomic E-state index is -0.175. The van der Waals surface area contributed by atoms with Crippen molar-refractivity contribution in [3.63, 3.8) is 0 Å². The average Bonchev–Trinajstić information content (AvgIpc) is 3.02. The van der Waals surface area contributed by atoms with E-state index in [9.17, 15) is 4.79 Å². The van der Waals surface area contributed by atoms with Gasteiger partial charge in [0.1, 0.15) is 5.75 Å². The number of nitrogens with zero attached hydrogens (tertiary/aromatic N) is 1. The predicted molar refractivity (Wildman–Crippen MR) is 111 cm³/mol. The van der Waals surface area contributed by atoms with Crippen molar-refractivity contribution in [1.29, 1.82) is 5.26 Å². The average molecular weight is 387 g/mol. The number of ether oxygens (including phenoxy) is 1. The van der Waals surface area contributed by atoms with E-state index in [4.69, 9.17) is 21.6 Å². The molecule has 3 aromatic carbocycles. The summed E-state index contributed by atoms with van der Waals surface area (Å²) in [5, 5.41) is 12.5. The summed E-state index contributed by atoms with van der Waals surface area (Å²) in [7, 11) is 1.61. The maximum atomic E-state index is 12.5. The van der Waals surface area contributed by atoms with Crippen LogP contribution in [0.3, 0.4) is 0 Å². The van der Waals surface area contributed by atoms with Crippen molar-refractivity contribution in [2.45, 2.75) is 0 Å². The van der Waals surface area contributed by atoms with Gasteiger partial charge in [-0.05, 0) is 47.5 Å². The maximum absolute atomic E-state index is 12.5. The Morgan fingerprint density at radius 1 is 1.11 bits per heavy atom. The predicted octanol–water partition coefficient (Wildman–Crippen LogP) is 5.38. The quantitative estimate of drug-likeness (QED) is 0.614. The molecule has 28 heavy (non-hydrogen) atoms. The van der Waals surface area contributed by atoms with Crippen molar-refractivity contribution < 1.29 is 9.53 Å². The van der Waals surface area contributed by atoms with Crippen LogP contribution in [-0.2, 0) is 4.79 Å². The van der Waals surface area contributed by atoms with Crippen molar-refractivity contribution in [3.8, 4) is 22.9 Å². The van der Waals surface area contributed by atoms with Gasteiger partial charge >= 0.3 is 0 Å². The maximum Gasteiger partial charge on any atom is 0.256 e. The molecule has 0 atom stereocenters. The van der Waals surface area contributed by atoms with Gasteiger partial charge in [-0.15, -0.1) is 0 Å². The fraction of sp³-hybridized carbons (Fsp3) is 0.0435. The number of rotatable bonds is 3. The third kappa shape index (κ3) is 3.13. The molecule has 4 nitrogen and oxygen atoms in total. The van der Waals surface area contributed by atoms with Crippen molar-refractivity contribution in [2.24, 2.45) is 0 Å². The molecule has 0 unspecified atom stereocenters. The van der Waals surface area contributed by atoms with Crippen LogP contribution in [0.1, 0.15) is 16.7 Å². The minimum absolute atomic E-state index is 0.175. The topological polar surface area (TPSA) is 62.1 Å². The Labute approximate surface area is 167 Å². The highest BCUT2D eigenvalue weighted by Gasteiger charge is 2.25. The van der Waals surface area contributed by atoms with Crippen molar-refractivity contribution >= 4 is 34.8 Å². The molecule has 136 valence electrons. The first-order chi connectivity index (χ1) is 13.6. The Kier molecular flexibility index (Phi) is 4.60. The van der Waals surface area contributed by atoms with E-state index in [-0.39, 0.29) is 5.91 Å². The smallest absolute Gasteiger partial charge is 0.256 e. The van der Waals surface area contributed by atoms with Crippen LogP contribution in [-0.4, -0.2) is 13.0 Å². The second kappa shape index (κ2) is 7.22.